The van der Waals surface area contributed by atoms with Crippen molar-refractivity contribution >= 4 is 45.9 Å². The molecule has 8 heteroatoms. The Hall–Kier alpha value is -3.29. The number of aromatic nitrogens is 1. The molecule has 1 fully saturated rings. The van der Waals surface area contributed by atoms with Crippen LogP contribution in [0.5, 0.6) is 11.5 Å². The molecule has 0 saturated carbocycles. The van der Waals surface area contributed by atoms with Gasteiger partial charge in [-0.1, -0.05) is 23.7 Å². The molecule has 0 amide bonds. The third-order valence-electron chi connectivity index (χ3n) is 7.39. The van der Waals surface area contributed by atoms with E-state index in [4.69, 9.17) is 33.3 Å². The van der Waals surface area contributed by atoms with Crippen molar-refractivity contribution in [2.45, 2.75) is 38.4 Å². The summed E-state index contributed by atoms with van der Waals surface area (Å²) in [5, 5.41) is 4.81. The van der Waals surface area contributed by atoms with E-state index < -0.39 is 0 Å². The van der Waals surface area contributed by atoms with Crippen LogP contribution >= 0.6 is 23.8 Å². The Morgan fingerprint density at radius 2 is 1.92 bits per heavy atom. The number of nitrogens with zero attached hydrogens (tertiary/aromatic N) is 3. The SMILES string of the molecule is CC1=CC(C)(C)N(C)c2cc(Cl)c([C@@H]3[C@@H](c4ccccn4)NC(=S)N3c3ccc4c(c3)OCO4)cc21. The van der Waals surface area contributed by atoms with Crippen molar-refractivity contribution < 1.29 is 9.47 Å². The number of likely N-dealkylation sites (N-methyl/N-ethyl adjacent to an activating group) is 1. The van der Waals surface area contributed by atoms with E-state index in [1.807, 2.05) is 36.4 Å². The van der Waals surface area contributed by atoms with Crippen molar-refractivity contribution in [3.8, 4) is 11.5 Å². The van der Waals surface area contributed by atoms with Crippen molar-refractivity contribution in [1.82, 2.24) is 10.3 Å². The van der Waals surface area contributed by atoms with Gasteiger partial charge >= 0.3 is 0 Å². The van der Waals surface area contributed by atoms with Crippen molar-refractivity contribution in [2.24, 2.45) is 0 Å². The van der Waals surface area contributed by atoms with E-state index in [1.54, 1.807) is 6.20 Å². The maximum Gasteiger partial charge on any atom is 0.231 e. The van der Waals surface area contributed by atoms with E-state index in [0.717, 1.165) is 28.4 Å². The first-order chi connectivity index (χ1) is 17.2. The average Bonchev–Trinajstić information content (AvgIpc) is 3.46. The zero-order valence-electron chi connectivity index (χ0n) is 20.6. The summed E-state index contributed by atoms with van der Waals surface area (Å²) in [5.41, 5.74) is 6.19. The standard InChI is InChI=1S/C28H27ClN4O2S/c1-16-14-28(2,3)32(4)22-13-20(29)19(12-18(16)22)26-25(21-7-5-6-10-30-21)31-27(36)33(26)17-8-9-23-24(11-17)35-15-34-23/h5-14,25-26H,15H2,1-4H3,(H,31,36)/t25-,26-/m1/s1. The van der Waals surface area contributed by atoms with Crippen LogP contribution in [0.1, 0.15) is 49.7 Å². The van der Waals surface area contributed by atoms with E-state index in [0.29, 0.717) is 15.9 Å². The lowest BCUT2D eigenvalue weighted by atomic mass is 9.86. The zero-order chi connectivity index (χ0) is 25.2. The molecular weight excluding hydrogens is 492 g/mol. The number of benzene rings is 2. The predicted octanol–water partition coefficient (Wildman–Crippen LogP) is 6.27. The molecule has 1 saturated heterocycles. The Balaban J connectivity index is 1.53. The smallest absolute Gasteiger partial charge is 0.231 e. The predicted molar refractivity (Wildman–Crippen MR) is 148 cm³/mol. The van der Waals surface area contributed by atoms with Crippen molar-refractivity contribution in [1.29, 1.82) is 0 Å². The number of nitrogens with one attached hydrogen (secondary N) is 1. The van der Waals surface area contributed by atoms with Gasteiger partial charge in [0.05, 0.1) is 23.3 Å². The van der Waals surface area contributed by atoms with Crippen LogP contribution in [-0.2, 0) is 0 Å². The van der Waals surface area contributed by atoms with Crippen LogP contribution in [0.15, 0.2) is 60.8 Å². The van der Waals surface area contributed by atoms with Gasteiger partial charge in [0.1, 0.15) is 0 Å². The first kappa shape index (κ1) is 23.1. The third-order valence-corrected chi connectivity index (χ3v) is 8.03. The van der Waals surface area contributed by atoms with Crippen LogP contribution in [0.2, 0.25) is 5.02 Å². The molecule has 184 valence electrons. The molecule has 3 aliphatic heterocycles. The summed E-state index contributed by atoms with van der Waals surface area (Å²) in [6, 6.07) is 15.7. The van der Waals surface area contributed by atoms with Crippen LogP contribution < -0.4 is 24.6 Å². The molecule has 6 rings (SSSR count). The van der Waals surface area contributed by atoms with Gasteiger partial charge in [0.2, 0.25) is 6.79 Å². The maximum atomic E-state index is 7.09. The number of hydrogen-bond donors (Lipinski definition) is 1. The number of ether oxygens (including phenoxy) is 2. The van der Waals surface area contributed by atoms with Crippen molar-refractivity contribution in [3.05, 3.63) is 82.6 Å². The van der Waals surface area contributed by atoms with Crippen LogP contribution in [0, 0.1) is 0 Å². The molecule has 2 aromatic carbocycles. The van der Waals surface area contributed by atoms with Gasteiger partial charge in [-0.05, 0) is 80.5 Å². The van der Waals surface area contributed by atoms with Gasteiger partial charge in [-0.25, -0.2) is 0 Å². The Bertz CT molecular complexity index is 1410. The number of anilines is 2. The van der Waals surface area contributed by atoms with E-state index in [1.165, 1.54) is 11.1 Å². The van der Waals surface area contributed by atoms with Crippen LogP contribution in [0.3, 0.4) is 0 Å². The Labute approximate surface area is 221 Å². The second kappa shape index (κ2) is 8.39. The summed E-state index contributed by atoms with van der Waals surface area (Å²) in [6.07, 6.45) is 4.11. The molecule has 3 aliphatic rings. The van der Waals surface area contributed by atoms with Gasteiger partial charge in [-0.3, -0.25) is 4.98 Å². The summed E-state index contributed by atoms with van der Waals surface area (Å²) < 4.78 is 11.2. The molecule has 6 nitrogen and oxygen atoms in total. The Morgan fingerprint density at radius 1 is 1.11 bits per heavy atom. The van der Waals surface area contributed by atoms with Gasteiger partial charge < -0.3 is 24.6 Å². The molecule has 0 radical (unpaired) electrons. The van der Waals surface area contributed by atoms with E-state index in [9.17, 15) is 0 Å². The molecule has 0 aliphatic carbocycles. The fourth-order valence-electron chi connectivity index (χ4n) is 5.40. The van der Waals surface area contributed by atoms with E-state index in [-0.39, 0.29) is 24.4 Å². The highest BCUT2D eigenvalue weighted by Crippen LogP contribution is 2.49. The van der Waals surface area contributed by atoms with Gasteiger partial charge in [0, 0.05) is 41.3 Å². The van der Waals surface area contributed by atoms with Crippen molar-refractivity contribution in [2.75, 3.05) is 23.6 Å². The lowest BCUT2D eigenvalue weighted by Crippen LogP contribution is -2.42. The normalized spacial score (nSPS) is 21.8. The fraction of sp³-hybridized carbons (Fsp3) is 0.286. The Kier molecular flexibility index (Phi) is 5.39. The van der Waals surface area contributed by atoms with Gasteiger partial charge in [-0.2, -0.15) is 0 Å². The average molecular weight is 519 g/mol. The summed E-state index contributed by atoms with van der Waals surface area (Å²) in [7, 11) is 2.11. The van der Waals surface area contributed by atoms with Gasteiger partial charge in [-0.15, -0.1) is 0 Å². The minimum Gasteiger partial charge on any atom is -0.454 e. The highest BCUT2D eigenvalue weighted by molar-refractivity contribution is 7.80. The molecule has 3 aromatic rings. The molecule has 0 bridgehead atoms. The second-order valence-electron chi connectivity index (χ2n) is 9.97. The molecule has 36 heavy (non-hydrogen) atoms. The number of allylic oxidation sites excluding steroid dienone is 1. The number of fused-ring (bicyclic) bond motifs is 2. The molecular formula is C28H27ClN4O2S. The quantitative estimate of drug-likeness (QED) is 0.410. The lowest BCUT2D eigenvalue weighted by molar-refractivity contribution is 0.174. The zero-order valence-corrected chi connectivity index (χ0v) is 22.2. The number of rotatable bonds is 3. The number of pyridine rings is 1. The van der Waals surface area contributed by atoms with Crippen LogP contribution in [-0.4, -0.2) is 29.5 Å². The fourth-order valence-corrected chi connectivity index (χ4v) is 6.01. The first-order valence-electron chi connectivity index (χ1n) is 11.9. The monoisotopic (exact) mass is 518 g/mol. The van der Waals surface area contributed by atoms with E-state index in [2.05, 4.69) is 66.1 Å². The van der Waals surface area contributed by atoms with Crippen molar-refractivity contribution in [3.63, 3.8) is 0 Å². The lowest BCUT2D eigenvalue weighted by Gasteiger charge is -2.41. The topological polar surface area (TPSA) is 49.9 Å². The number of halogens is 1. The molecule has 1 N–H and O–H groups in total. The van der Waals surface area contributed by atoms with Crippen LogP contribution in [0.4, 0.5) is 11.4 Å². The number of thiocarbonyl (C=S) groups is 1. The van der Waals surface area contributed by atoms with Gasteiger partial charge in [0.15, 0.2) is 16.6 Å². The molecule has 1 aromatic heterocycles. The molecule has 4 heterocycles. The second-order valence-corrected chi connectivity index (χ2v) is 10.8. The third kappa shape index (κ3) is 3.61. The van der Waals surface area contributed by atoms with E-state index >= 15 is 0 Å². The van der Waals surface area contributed by atoms with Gasteiger partial charge in [0.25, 0.3) is 0 Å². The summed E-state index contributed by atoms with van der Waals surface area (Å²) in [5.74, 6) is 1.43. The molecule has 2 atom stereocenters. The molecule has 0 spiro atoms. The highest BCUT2D eigenvalue weighted by Gasteiger charge is 2.43. The van der Waals surface area contributed by atoms with Crippen LogP contribution in [0.25, 0.3) is 5.57 Å². The minimum absolute atomic E-state index is 0.104. The maximum absolute atomic E-state index is 7.09. The number of hydrogen-bond acceptors (Lipinski definition) is 5. The minimum atomic E-state index is -0.224. The molecule has 0 unspecified atom stereocenters. The Morgan fingerprint density at radius 3 is 2.69 bits per heavy atom. The first-order valence-corrected chi connectivity index (χ1v) is 12.7. The summed E-state index contributed by atoms with van der Waals surface area (Å²) >= 11 is 13.0. The summed E-state index contributed by atoms with van der Waals surface area (Å²) in [4.78, 5) is 9.05. The summed E-state index contributed by atoms with van der Waals surface area (Å²) in [6.45, 7) is 6.79. The largest absolute Gasteiger partial charge is 0.454 e. The highest BCUT2D eigenvalue weighted by atomic mass is 35.5.